The number of ether oxygens (including phenoxy) is 2. The summed E-state index contributed by atoms with van der Waals surface area (Å²) < 4.78 is 18.1. The Labute approximate surface area is 128 Å². The quantitative estimate of drug-likeness (QED) is 0.725. The molecule has 1 unspecified atom stereocenters. The maximum absolute atomic E-state index is 9.81. The minimum Gasteiger partial charge on any atom is -0.473 e. The Morgan fingerprint density at radius 1 is 1.38 bits per heavy atom. The number of methoxy groups -OCH3 is 1. The molecule has 0 fully saturated rings. The zero-order valence-electron chi connectivity index (χ0n) is 11.9. The van der Waals surface area contributed by atoms with Gasteiger partial charge < -0.3 is 19.9 Å². The van der Waals surface area contributed by atoms with Gasteiger partial charge in [-0.15, -0.1) is 4.37 Å². The molecule has 0 aliphatic rings. The van der Waals surface area contributed by atoms with E-state index in [1.807, 2.05) is 18.2 Å². The molecule has 21 heavy (non-hydrogen) atoms. The monoisotopic (exact) mass is 309 g/mol. The molecule has 6 nitrogen and oxygen atoms in total. The van der Waals surface area contributed by atoms with Gasteiger partial charge in [0.1, 0.15) is 18.9 Å². The number of nitrogens with one attached hydrogen (secondary N) is 1. The molecule has 1 atom stereocenters. The molecule has 2 aromatic rings. The molecule has 7 heteroatoms. The van der Waals surface area contributed by atoms with Gasteiger partial charge in [0, 0.05) is 20.2 Å². The minimum absolute atomic E-state index is 0.197. The van der Waals surface area contributed by atoms with Gasteiger partial charge in [-0.05, 0) is 11.1 Å². The molecule has 1 heterocycles. The molecule has 0 saturated heterocycles. The van der Waals surface area contributed by atoms with Crippen molar-refractivity contribution in [1.82, 2.24) is 14.1 Å². The molecule has 0 saturated carbocycles. The van der Waals surface area contributed by atoms with Gasteiger partial charge in [-0.2, -0.15) is 4.37 Å². The molecular formula is C14H19N3O3S. The third-order valence-corrected chi connectivity index (χ3v) is 3.24. The maximum atomic E-state index is 9.81. The van der Waals surface area contributed by atoms with Crippen LogP contribution in [-0.2, 0) is 17.9 Å². The predicted octanol–water partition coefficient (Wildman–Crippen LogP) is 1.21. The van der Waals surface area contributed by atoms with E-state index in [1.54, 1.807) is 7.11 Å². The van der Waals surface area contributed by atoms with Gasteiger partial charge in [0.05, 0.1) is 18.3 Å². The SMILES string of the molecule is COCc1cccc(CNCC(O)COc2cnsn2)c1. The van der Waals surface area contributed by atoms with Crippen LogP contribution in [0.1, 0.15) is 11.1 Å². The minimum atomic E-state index is -0.589. The summed E-state index contributed by atoms with van der Waals surface area (Å²) in [6.45, 7) is 1.94. The highest BCUT2D eigenvalue weighted by atomic mass is 32.1. The summed E-state index contributed by atoms with van der Waals surface area (Å²) in [5, 5.41) is 13.0. The molecule has 114 valence electrons. The molecular weight excluding hydrogens is 290 g/mol. The number of hydrogen-bond donors (Lipinski definition) is 2. The van der Waals surface area contributed by atoms with E-state index in [9.17, 15) is 5.11 Å². The highest BCUT2D eigenvalue weighted by Gasteiger charge is 2.06. The largest absolute Gasteiger partial charge is 0.473 e. The van der Waals surface area contributed by atoms with Crippen LogP contribution in [0.4, 0.5) is 0 Å². The van der Waals surface area contributed by atoms with Crippen LogP contribution < -0.4 is 10.1 Å². The smallest absolute Gasteiger partial charge is 0.245 e. The second-order valence-corrected chi connectivity index (χ2v) is 5.15. The molecule has 1 aromatic carbocycles. The van der Waals surface area contributed by atoms with Crippen molar-refractivity contribution in [3.8, 4) is 5.88 Å². The van der Waals surface area contributed by atoms with E-state index in [0.717, 1.165) is 22.9 Å². The Balaban J connectivity index is 1.67. The number of hydrogen-bond acceptors (Lipinski definition) is 7. The Bertz CT molecular complexity index is 522. The summed E-state index contributed by atoms with van der Waals surface area (Å²) in [4.78, 5) is 0. The first-order chi connectivity index (χ1) is 10.3. The number of rotatable bonds is 9. The predicted molar refractivity (Wildman–Crippen MR) is 80.3 cm³/mol. The number of aliphatic hydroxyl groups excluding tert-OH is 1. The third-order valence-electron chi connectivity index (χ3n) is 2.78. The molecule has 0 spiro atoms. The maximum Gasteiger partial charge on any atom is 0.245 e. The van der Waals surface area contributed by atoms with E-state index >= 15 is 0 Å². The van der Waals surface area contributed by atoms with Gasteiger partial charge in [-0.3, -0.25) is 0 Å². The highest BCUT2D eigenvalue weighted by Crippen LogP contribution is 2.07. The summed E-state index contributed by atoms with van der Waals surface area (Å²) in [6.07, 6.45) is 0.945. The molecule has 0 amide bonds. The number of benzene rings is 1. The Morgan fingerprint density at radius 2 is 2.24 bits per heavy atom. The van der Waals surface area contributed by atoms with E-state index in [-0.39, 0.29) is 6.61 Å². The average Bonchev–Trinajstić information content (AvgIpc) is 2.99. The van der Waals surface area contributed by atoms with Crippen LogP contribution in [0, 0.1) is 0 Å². The summed E-state index contributed by atoms with van der Waals surface area (Å²) in [5.74, 6) is 0.450. The molecule has 2 N–H and O–H groups in total. The van der Waals surface area contributed by atoms with Crippen molar-refractivity contribution in [2.45, 2.75) is 19.3 Å². The Kier molecular flexibility index (Phi) is 6.55. The fourth-order valence-electron chi connectivity index (χ4n) is 1.84. The number of aliphatic hydroxyl groups is 1. The Hall–Kier alpha value is -1.54. The molecule has 0 bridgehead atoms. The molecule has 2 rings (SSSR count). The van der Waals surface area contributed by atoms with Crippen LogP contribution in [0.25, 0.3) is 0 Å². The van der Waals surface area contributed by atoms with E-state index < -0.39 is 6.10 Å². The van der Waals surface area contributed by atoms with Gasteiger partial charge in [-0.1, -0.05) is 24.3 Å². The zero-order valence-corrected chi connectivity index (χ0v) is 12.7. The lowest BCUT2D eigenvalue weighted by Crippen LogP contribution is -2.31. The number of aromatic nitrogens is 2. The van der Waals surface area contributed by atoms with Gasteiger partial charge in [0.2, 0.25) is 5.88 Å². The second-order valence-electron chi connectivity index (χ2n) is 4.59. The first-order valence-corrected chi connectivity index (χ1v) is 7.37. The van der Waals surface area contributed by atoms with Crippen LogP contribution in [0.3, 0.4) is 0 Å². The first kappa shape index (κ1) is 15.8. The lowest BCUT2D eigenvalue weighted by Gasteiger charge is -2.12. The fourth-order valence-corrected chi connectivity index (χ4v) is 2.20. The van der Waals surface area contributed by atoms with Crippen molar-refractivity contribution < 1.29 is 14.6 Å². The van der Waals surface area contributed by atoms with Crippen LogP contribution in [0.2, 0.25) is 0 Å². The topological polar surface area (TPSA) is 76.5 Å². The van der Waals surface area contributed by atoms with Gasteiger partial charge in [-0.25, -0.2) is 0 Å². The van der Waals surface area contributed by atoms with Gasteiger partial charge in [0.15, 0.2) is 0 Å². The van der Waals surface area contributed by atoms with Gasteiger partial charge in [0.25, 0.3) is 0 Å². The van der Waals surface area contributed by atoms with Crippen molar-refractivity contribution in [1.29, 1.82) is 0 Å². The molecule has 1 aromatic heterocycles. The lowest BCUT2D eigenvalue weighted by molar-refractivity contribution is 0.104. The molecule has 0 radical (unpaired) electrons. The molecule has 0 aliphatic carbocycles. The summed E-state index contributed by atoms with van der Waals surface area (Å²) in [7, 11) is 1.68. The lowest BCUT2D eigenvalue weighted by atomic mass is 10.1. The van der Waals surface area contributed by atoms with Crippen molar-refractivity contribution in [2.24, 2.45) is 0 Å². The van der Waals surface area contributed by atoms with E-state index in [0.29, 0.717) is 25.6 Å². The van der Waals surface area contributed by atoms with Crippen molar-refractivity contribution in [2.75, 3.05) is 20.3 Å². The van der Waals surface area contributed by atoms with Crippen LogP contribution >= 0.6 is 11.7 Å². The van der Waals surface area contributed by atoms with E-state index in [2.05, 4.69) is 20.1 Å². The molecule has 0 aliphatic heterocycles. The van der Waals surface area contributed by atoms with Crippen LogP contribution in [0.5, 0.6) is 5.88 Å². The van der Waals surface area contributed by atoms with Gasteiger partial charge >= 0.3 is 0 Å². The highest BCUT2D eigenvalue weighted by molar-refractivity contribution is 6.99. The summed E-state index contributed by atoms with van der Waals surface area (Å²) >= 11 is 1.08. The van der Waals surface area contributed by atoms with Crippen molar-refractivity contribution in [3.63, 3.8) is 0 Å². The second kappa shape index (κ2) is 8.68. The van der Waals surface area contributed by atoms with Crippen molar-refractivity contribution >= 4 is 11.7 Å². The normalized spacial score (nSPS) is 12.3. The average molecular weight is 309 g/mol. The van der Waals surface area contributed by atoms with E-state index in [4.69, 9.17) is 9.47 Å². The standard InChI is InChI=1S/C14H19N3O3S/c1-19-9-12-4-2-3-11(5-12)6-15-7-13(18)10-20-14-8-16-21-17-14/h2-5,8,13,15,18H,6-7,9-10H2,1H3. The zero-order chi connectivity index (χ0) is 14.9. The fraction of sp³-hybridized carbons (Fsp3) is 0.429. The summed E-state index contributed by atoms with van der Waals surface area (Å²) in [5.41, 5.74) is 2.29. The first-order valence-electron chi connectivity index (χ1n) is 6.64. The number of nitrogens with zero attached hydrogens (tertiary/aromatic N) is 2. The van der Waals surface area contributed by atoms with Crippen LogP contribution in [0.15, 0.2) is 30.5 Å². The van der Waals surface area contributed by atoms with Crippen LogP contribution in [-0.4, -0.2) is 40.2 Å². The van der Waals surface area contributed by atoms with E-state index in [1.165, 1.54) is 6.20 Å². The van der Waals surface area contributed by atoms with Crippen molar-refractivity contribution in [3.05, 3.63) is 41.6 Å². The third kappa shape index (κ3) is 5.76. The Morgan fingerprint density at radius 3 is 3.00 bits per heavy atom. The summed E-state index contributed by atoms with van der Waals surface area (Å²) in [6, 6.07) is 8.15.